The number of halogens is 2. The second kappa shape index (κ2) is 6.29. The van der Waals surface area contributed by atoms with Gasteiger partial charge in [-0.3, -0.25) is 0 Å². The molecule has 4 heteroatoms. The van der Waals surface area contributed by atoms with Crippen LogP contribution in [-0.2, 0) is 6.61 Å². The largest absolute Gasteiger partial charge is 0.489 e. The number of aliphatic hydroxyl groups excluding tert-OH is 1. The Bertz CT molecular complexity index is 551. The standard InChI is InChI=1S/C15H14Cl2O2/c1-10(18)14-8-13(17)6-7-15(14)19-9-11-2-4-12(16)5-3-11/h2-8,10,18H,9H2,1H3/t10-/m0/s1. The summed E-state index contributed by atoms with van der Waals surface area (Å²) in [7, 11) is 0. The molecule has 0 spiro atoms. The van der Waals surface area contributed by atoms with Crippen LogP contribution in [0.2, 0.25) is 10.0 Å². The van der Waals surface area contributed by atoms with Crippen LogP contribution in [-0.4, -0.2) is 5.11 Å². The fraction of sp³-hybridized carbons (Fsp3) is 0.200. The van der Waals surface area contributed by atoms with Crippen molar-refractivity contribution < 1.29 is 9.84 Å². The molecule has 19 heavy (non-hydrogen) atoms. The van der Waals surface area contributed by atoms with Crippen LogP contribution in [0.5, 0.6) is 5.75 Å². The average Bonchev–Trinajstić information content (AvgIpc) is 2.39. The summed E-state index contributed by atoms with van der Waals surface area (Å²) in [5.41, 5.74) is 1.69. The number of hydrogen-bond acceptors (Lipinski definition) is 2. The van der Waals surface area contributed by atoms with E-state index in [0.29, 0.717) is 28.0 Å². The van der Waals surface area contributed by atoms with Crippen molar-refractivity contribution in [3.8, 4) is 5.75 Å². The van der Waals surface area contributed by atoms with Gasteiger partial charge in [0, 0.05) is 15.6 Å². The van der Waals surface area contributed by atoms with Crippen LogP contribution < -0.4 is 4.74 Å². The van der Waals surface area contributed by atoms with E-state index in [1.165, 1.54) is 0 Å². The van der Waals surface area contributed by atoms with Crippen molar-refractivity contribution in [2.75, 3.05) is 0 Å². The lowest BCUT2D eigenvalue weighted by Gasteiger charge is -2.14. The first-order chi connectivity index (χ1) is 9.06. The summed E-state index contributed by atoms with van der Waals surface area (Å²) in [6.45, 7) is 2.10. The zero-order chi connectivity index (χ0) is 13.8. The number of aliphatic hydroxyl groups is 1. The van der Waals surface area contributed by atoms with E-state index in [4.69, 9.17) is 27.9 Å². The van der Waals surface area contributed by atoms with Gasteiger partial charge in [-0.15, -0.1) is 0 Å². The van der Waals surface area contributed by atoms with Crippen LogP contribution >= 0.6 is 23.2 Å². The summed E-state index contributed by atoms with van der Waals surface area (Å²) < 4.78 is 5.72. The predicted octanol–water partition coefficient (Wildman–Crippen LogP) is 4.63. The highest BCUT2D eigenvalue weighted by Gasteiger charge is 2.10. The van der Waals surface area contributed by atoms with E-state index in [2.05, 4.69) is 0 Å². The van der Waals surface area contributed by atoms with Crippen LogP contribution in [0.4, 0.5) is 0 Å². The SMILES string of the molecule is C[C@H](O)c1cc(Cl)ccc1OCc1ccc(Cl)cc1. The first-order valence-electron chi connectivity index (χ1n) is 5.91. The molecule has 0 saturated carbocycles. The minimum absolute atomic E-state index is 0.415. The molecule has 0 bridgehead atoms. The minimum Gasteiger partial charge on any atom is -0.489 e. The lowest BCUT2D eigenvalue weighted by molar-refractivity contribution is 0.190. The molecule has 2 aromatic rings. The summed E-state index contributed by atoms with van der Waals surface area (Å²) in [5, 5.41) is 11.0. The monoisotopic (exact) mass is 296 g/mol. The fourth-order valence-corrected chi connectivity index (χ4v) is 2.03. The molecule has 0 aliphatic rings. The lowest BCUT2D eigenvalue weighted by atomic mass is 10.1. The molecule has 1 N–H and O–H groups in total. The normalized spacial score (nSPS) is 12.2. The Morgan fingerprint density at radius 1 is 1.05 bits per heavy atom. The fourth-order valence-electron chi connectivity index (χ4n) is 1.72. The first-order valence-corrected chi connectivity index (χ1v) is 6.66. The van der Waals surface area contributed by atoms with Gasteiger partial charge in [-0.25, -0.2) is 0 Å². The van der Waals surface area contributed by atoms with Crippen molar-refractivity contribution in [3.05, 3.63) is 63.6 Å². The molecule has 0 amide bonds. The molecule has 0 fully saturated rings. The Hall–Kier alpha value is -1.22. The molecule has 2 rings (SSSR count). The van der Waals surface area contributed by atoms with Crippen molar-refractivity contribution in [1.29, 1.82) is 0 Å². The van der Waals surface area contributed by atoms with Crippen molar-refractivity contribution in [3.63, 3.8) is 0 Å². The van der Waals surface area contributed by atoms with E-state index in [1.807, 2.05) is 24.3 Å². The molecule has 2 aromatic carbocycles. The van der Waals surface area contributed by atoms with Crippen LogP contribution in [0.25, 0.3) is 0 Å². The van der Waals surface area contributed by atoms with Crippen LogP contribution in [0.3, 0.4) is 0 Å². The molecule has 0 aliphatic carbocycles. The number of benzene rings is 2. The Morgan fingerprint density at radius 3 is 2.32 bits per heavy atom. The summed E-state index contributed by atoms with van der Waals surface area (Å²) in [6.07, 6.45) is -0.626. The molecule has 0 radical (unpaired) electrons. The highest BCUT2D eigenvalue weighted by Crippen LogP contribution is 2.29. The molecular weight excluding hydrogens is 283 g/mol. The minimum atomic E-state index is -0.626. The Morgan fingerprint density at radius 2 is 1.68 bits per heavy atom. The molecule has 0 aromatic heterocycles. The Balaban J connectivity index is 2.13. The van der Waals surface area contributed by atoms with Crippen LogP contribution in [0.1, 0.15) is 24.2 Å². The zero-order valence-corrected chi connectivity index (χ0v) is 11.9. The van der Waals surface area contributed by atoms with Crippen molar-refractivity contribution in [1.82, 2.24) is 0 Å². The van der Waals surface area contributed by atoms with E-state index < -0.39 is 6.10 Å². The van der Waals surface area contributed by atoms with Crippen molar-refractivity contribution >= 4 is 23.2 Å². The maximum absolute atomic E-state index is 9.71. The number of ether oxygens (including phenoxy) is 1. The van der Waals surface area contributed by atoms with E-state index in [1.54, 1.807) is 25.1 Å². The smallest absolute Gasteiger partial charge is 0.125 e. The lowest BCUT2D eigenvalue weighted by Crippen LogP contribution is -2.01. The number of rotatable bonds is 4. The summed E-state index contributed by atoms with van der Waals surface area (Å²) in [6, 6.07) is 12.7. The third-order valence-corrected chi connectivity index (χ3v) is 3.22. The summed E-state index contributed by atoms with van der Waals surface area (Å²) >= 11 is 11.7. The Kier molecular flexibility index (Phi) is 4.70. The van der Waals surface area contributed by atoms with Gasteiger partial charge in [-0.2, -0.15) is 0 Å². The maximum Gasteiger partial charge on any atom is 0.125 e. The van der Waals surface area contributed by atoms with E-state index in [9.17, 15) is 5.11 Å². The van der Waals surface area contributed by atoms with Gasteiger partial charge in [-0.1, -0.05) is 35.3 Å². The first kappa shape index (κ1) is 14.2. The summed E-state index contributed by atoms with van der Waals surface area (Å²) in [4.78, 5) is 0. The highest BCUT2D eigenvalue weighted by atomic mass is 35.5. The molecule has 100 valence electrons. The highest BCUT2D eigenvalue weighted by molar-refractivity contribution is 6.30. The van der Waals surface area contributed by atoms with Crippen LogP contribution in [0.15, 0.2) is 42.5 Å². The molecule has 0 heterocycles. The topological polar surface area (TPSA) is 29.5 Å². The van der Waals surface area contributed by atoms with Gasteiger partial charge < -0.3 is 9.84 Å². The second-order valence-electron chi connectivity index (χ2n) is 4.27. The Labute approximate surface area is 122 Å². The second-order valence-corrected chi connectivity index (χ2v) is 5.15. The predicted molar refractivity (Wildman–Crippen MR) is 77.9 cm³/mol. The zero-order valence-electron chi connectivity index (χ0n) is 10.4. The van der Waals surface area contributed by atoms with Crippen molar-refractivity contribution in [2.24, 2.45) is 0 Å². The molecule has 1 atom stereocenters. The summed E-state index contributed by atoms with van der Waals surface area (Å²) in [5.74, 6) is 0.634. The molecule has 0 aliphatic heterocycles. The van der Waals surface area contributed by atoms with Gasteiger partial charge in [0.25, 0.3) is 0 Å². The van der Waals surface area contributed by atoms with Gasteiger partial charge in [-0.05, 0) is 42.8 Å². The van der Waals surface area contributed by atoms with E-state index in [0.717, 1.165) is 5.56 Å². The third-order valence-electron chi connectivity index (χ3n) is 2.73. The van der Waals surface area contributed by atoms with Gasteiger partial charge in [0.15, 0.2) is 0 Å². The number of hydrogen-bond donors (Lipinski definition) is 1. The molecular formula is C15H14Cl2O2. The third kappa shape index (κ3) is 3.87. The maximum atomic E-state index is 9.71. The quantitative estimate of drug-likeness (QED) is 0.891. The van der Waals surface area contributed by atoms with Gasteiger partial charge in [0.1, 0.15) is 12.4 Å². The van der Waals surface area contributed by atoms with Crippen molar-refractivity contribution in [2.45, 2.75) is 19.6 Å². The van der Waals surface area contributed by atoms with E-state index >= 15 is 0 Å². The van der Waals surface area contributed by atoms with E-state index in [-0.39, 0.29) is 0 Å². The molecule has 0 unspecified atom stereocenters. The van der Waals surface area contributed by atoms with Gasteiger partial charge >= 0.3 is 0 Å². The molecule has 2 nitrogen and oxygen atoms in total. The average molecular weight is 297 g/mol. The van der Waals surface area contributed by atoms with Crippen LogP contribution in [0, 0.1) is 0 Å². The van der Waals surface area contributed by atoms with Gasteiger partial charge in [0.05, 0.1) is 6.10 Å². The van der Waals surface area contributed by atoms with Gasteiger partial charge in [0.2, 0.25) is 0 Å². The molecule has 0 saturated heterocycles.